The van der Waals surface area contributed by atoms with Gasteiger partial charge >= 0.3 is 0 Å². The van der Waals surface area contributed by atoms with Gasteiger partial charge in [0.15, 0.2) is 0 Å². The zero-order chi connectivity index (χ0) is 12.8. The monoisotopic (exact) mass is 245 g/mol. The van der Waals surface area contributed by atoms with Crippen LogP contribution in [-0.2, 0) is 0 Å². The minimum Gasteiger partial charge on any atom is -0.193 e. The van der Waals surface area contributed by atoms with Crippen molar-refractivity contribution in [1.29, 1.82) is 5.26 Å². The molecule has 2 aliphatic rings. The van der Waals surface area contributed by atoms with Gasteiger partial charge in [0.25, 0.3) is 0 Å². The average molecular weight is 245 g/mol. The van der Waals surface area contributed by atoms with Crippen LogP contribution in [0.4, 0.5) is 0 Å². The summed E-state index contributed by atoms with van der Waals surface area (Å²) in [6.07, 6.45) is 16.6. The number of nitrogens with zero attached hydrogens (tertiary/aromatic N) is 1. The molecule has 0 radical (unpaired) electrons. The van der Waals surface area contributed by atoms with Crippen molar-refractivity contribution in [3.05, 3.63) is 12.2 Å². The Labute approximate surface area is 112 Å². The summed E-state index contributed by atoms with van der Waals surface area (Å²) in [4.78, 5) is 0. The summed E-state index contributed by atoms with van der Waals surface area (Å²) >= 11 is 0. The number of hydrogen-bond donors (Lipinski definition) is 0. The predicted octanol–water partition coefficient (Wildman–Crippen LogP) is 5.09. The Hall–Kier alpha value is -0.770. The maximum Gasteiger partial charge on any atom is 0.0908 e. The smallest absolute Gasteiger partial charge is 0.0908 e. The van der Waals surface area contributed by atoms with Crippen LogP contribution in [-0.4, -0.2) is 0 Å². The van der Waals surface area contributed by atoms with E-state index >= 15 is 0 Å². The molecule has 18 heavy (non-hydrogen) atoms. The minimum absolute atomic E-state index is 0.688. The van der Waals surface area contributed by atoms with Gasteiger partial charge in [-0.25, -0.2) is 0 Å². The number of rotatable bonds is 3. The fourth-order valence-electron chi connectivity index (χ4n) is 4.06. The highest BCUT2D eigenvalue weighted by Gasteiger charge is 2.29. The van der Waals surface area contributed by atoms with Gasteiger partial charge in [-0.15, -0.1) is 0 Å². The van der Waals surface area contributed by atoms with E-state index in [0.29, 0.717) is 5.92 Å². The Balaban J connectivity index is 1.73. The number of allylic oxidation sites excluding steroid dienone is 2. The molecule has 2 fully saturated rings. The van der Waals surface area contributed by atoms with Crippen LogP contribution < -0.4 is 0 Å². The first-order valence-electron chi connectivity index (χ1n) is 7.89. The molecular weight excluding hydrogens is 218 g/mol. The topological polar surface area (TPSA) is 23.8 Å². The van der Waals surface area contributed by atoms with Crippen LogP contribution in [0.1, 0.15) is 64.7 Å². The molecule has 0 aromatic heterocycles. The maximum absolute atomic E-state index is 8.56. The molecule has 0 unspecified atom stereocenters. The molecule has 0 heterocycles. The first-order valence-corrected chi connectivity index (χ1v) is 7.89. The van der Waals surface area contributed by atoms with Gasteiger partial charge in [-0.1, -0.05) is 32.3 Å². The standard InChI is InChI=1S/C17H27N/c1-2-14-5-9-16(10-6-14)17-11-7-15(8-12-17)4-3-13-18/h3-4,14-17H,2,5-12H2,1H3/t14-,15?,16-,17?. The average Bonchev–Trinajstić information content (AvgIpc) is 2.46. The molecule has 0 aliphatic heterocycles. The zero-order valence-electron chi connectivity index (χ0n) is 11.8. The van der Waals surface area contributed by atoms with Crippen LogP contribution in [0, 0.1) is 35.0 Å². The summed E-state index contributed by atoms with van der Waals surface area (Å²) in [6.45, 7) is 2.34. The fraction of sp³-hybridized carbons (Fsp3) is 0.824. The lowest BCUT2D eigenvalue weighted by Crippen LogP contribution is -2.25. The van der Waals surface area contributed by atoms with Crippen molar-refractivity contribution in [1.82, 2.24) is 0 Å². The molecular formula is C17H27N. The van der Waals surface area contributed by atoms with Gasteiger partial charge in [0.2, 0.25) is 0 Å². The summed E-state index contributed by atoms with van der Waals surface area (Å²) in [5.41, 5.74) is 0. The minimum atomic E-state index is 0.688. The third kappa shape index (κ3) is 3.61. The molecule has 0 aromatic rings. The van der Waals surface area contributed by atoms with Crippen LogP contribution >= 0.6 is 0 Å². The Morgan fingerprint density at radius 2 is 1.50 bits per heavy atom. The van der Waals surface area contributed by atoms with Crippen LogP contribution in [0.5, 0.6) is 0 Å². The van der Waals surface area contributed by atoms with Crippen LogP contribution in [0.2, 0.25) is 0 Å². The van der Waals surface area contributed by atoms with E-state index in [4.69, 9.17) is 5.26 Å². The molecule has 0 atom stereocenters. The second-order valence-corrected chi connectivity index (χ2v) is 6.35. The predicted molar refractivity (Wildman–Crippen MR) is 75.9 cm³/mol. The SMILES string of the molecule is CC[C@H]1CC[C@H](C2CCC(C=CC#N)CC2)CC1. The summed E-state index contributed by atoms with van der Waals surface area (Å²) in [5.74, 6) is 3.73. The Morgan fingerprint density at radius 3 is 2.00 bits per heavy atom. The van der Waals surface area contributed by atoms with Crippen molar-refractivity contribution in [3.63, 3.8) is 0 Å². The van der Waals surface area contributed by atoms with Crippen molar-refractivity contribution in [2.24, 2.45) is 23.7 Å². The van der Waals surface area contributed by atoms with E-state index in [1.54, 1.807) is 6.08 Å². The van der Waals surface area contributed by atoms with Gasteiger partial charge in [0.1, 0.15) is 0 Å². The molecule has 2 rings (SSSR count). The van der Waals surface area contributed by atoms with Gasteiger partial charge < -0.3 is 0 Å². The second-order valence-electron chi connectivity index (χ2n) is 6.35. The lowest BCUT2D eigenvalue weighted by molar-refractivity contribution is 0.154. The van der Waals surface area contributed by atoms with Gasteiger partial charge in [-0.3, -0.25) is 0 Å². The maximum atomic E-state index is 8.56. The number of hydrogen-bond acceptors (Lipinski definition) is 1. The zero-order valence-corrected chi connectivity index (χ0v) is 11.8. The lowest BCUT2D eigenvalue weighted by atomic mass is 9.69. The molecule has 0 spiro atoms. The lowest BCUT2D eigenvalue weighted by Gasteiger charge is -2.37. The van der Waals surface area contributed by atoms with E-state index in [1.807, 2.05) is 0 Å². The quantitative estimate of drug-likeness (QED) is 0.635. The summed E-state index contributed by atoms with van der Waals surface area (Å²) in [7, 11) is 0. The molecule has 1 nitrogen and oxygen atoms in total. The van der Waals surface area contributed by atoms with E-state index < -0.39 is 0 Å². The molecule has 0 saturated heterocycles. The summed E-state index contributed by atoms with van der Waals surface area (Å²) in [6, 6.07) is 2.12. The molecule has 100 valence electrons. The highest BCUT2D eigenvalue weighted by Crippen LogP contribution is 2.42. The Kier molecular flexibility index (Phi) is 5.29. The summed E-state index contributed by atoms with van der Waals surface area (Å²) < 4.78 is 0. The molecule has 2 saturated carbocycles. The normalized spacial score (nSPS) is 37.6. The summed E-state index contributed by atoms with van der Waals surface area (Å²) in [5, 5.41) is 8.56. The van der Waals surface area contributed by atoms with Crippen molar-refractivity contribution in [2.75, 3.05) is 0 Å². The third-order valence-electron chi connectivity index (χ3n) is 5.39. The highest BCUT2D eigenvalue weighted by atomic mass is 14.3. The van der Waals surface area contributed by atoms with Crippen molar-refractivity contribution < 1.29 is 0 Å². The van der Waals surface area contributed by atoms with Crippen molar-refractivity contribution in [2.45, 2.75) is 64.7 Å². The Morgan fingerprint density at radius 1 is 0.944 bits per heavy atom. The molecule has 1 heteroatoms. The van der Waals surface area contributed by atoms with Crippen molar-refractivity contribution in [3.8, 4) is 6.07 Å². The van der Waals surface area contributed by atoms with E-state index in [2.05, 4.69) is 19.1 Å². The van der Waals surface area contributed by atoms with E-state index in [1.165, 1.54) is 57.8 Å². The van der Waals surface area contributed by atoms with Gasteiger partial charge in [-0.2, -0.15) is 5.26 Å². The second kappa shape index (κ2) is 6.98. The Bertz CT molecular complexity index is 296. The number of nitriles is 1. The molecule has 0 aromatic carbocycles. The molecule has 0 bridgehead atoms. The first kappa shape index (κ1) is 13.7. The van der Waals surface area contributed by atoms with E-state index in [9.17, 15) is 0 Å². The van der Waals surface area contributed by atoms with Crippen LogP contribution in [0.25, 0.3) is 0 Å². The molecule has 0 amide bonds. The van der Waals surface area contributed by atoms with Crippen molar-refractivity contribution >= 4 is 0 Å². The highest BCUT2D eigenvalue weighted by molar-refractivity contribution is 5.04. The van der Waals surface area contributed by atoms with Gasteiger partial charge in [-0.05, 0) is 62.2 Å². The van der Waals surface area contributed by atoms with Gasteiger partial charge in [0.05, 0.1) is 6.07 Å². The van der Waals surface area contributed by atoms with Gasteiger partial charge in [0, 0.05) is 6.08 Å². The first-order chi connectivity index (χ1) is 8.83. The van der Waals surface area contributed by atoms with E-state index in [-0.39, 0.29) is 0 Å². The fourth-order valence-corrected chi connectivity index (χ4v) is 4.06. The van der Waals surface area contributed by atoms with E-state index in [0.717, 1.165) is 17.8 Å². The van der Waals surface area contributed by atoms with Crippen LogP contribution in [0.15, 0.2) is 12.2 Å². The van der Waals surface area contributed by atoms with Crippen LogP contribution in [0.3, 0.4) is 0 Å². The molecule has 0 N–H and O–H groups in total. The molecule has 2 aliphatic carbocycles. The largest absolute Gasteiger partial charge is 0.193 e. The third-order valence-corrected chi connectivity index (χ3v) is 5.39.